The first kappa shape index (κ1) is 28.0. The largest absolute Gasteiger partial charge is 0.497 e. The normalized spacial score (nSPS) is 11.5. The van der Waals surface area contributed by atoms with E-state index in [1.54, 1.807) is 44.0 Å². The highest BCUT2D eigenvalue weighted by atomic mass is 16.5. The topological polar surface area (TPSA) is 87.5 Å². The van der Waals surface area contributed by atoms with Gasteiger partial charge in [0.25, 0.3) is 5.91 Å². The van der Waals surface area contributed by atoms with Crippen LogP contribution in [0.1, 0.15) is 82.0 Å². The van der Waals surface area contributed by atoms with Crippen LogP contribution in [0, 0.1) is 6.92 Å². The standard InChI is InChI=1S/C29H40N4O4/c1-9-11-21(12-10-2)37-25-15-13-20(29(4,5)6)17-23(25)30-28(34)27-19(3)33(32-31-27)24-18-22(35-7)14-16-26(24)36-8/h13-18,21H,9-12H2,1-8H3,(H,30,34). The summed E-state index contributed by atoms with van der Waals surface area (Å²) < 4.78 is 18.8. The van der Waals surface area contributed by atoms with E-state index in [4.69, 9.17) is 14.2 Å². The predicted octanol–water partition coefficient (Wildman–Crippen LogP) is 6.49. The second-order valence-corrected chi connectivity index (χ2v) is 10.2. The lowest BCUT2D eigenvalue weighted by Gasteiger charge is -2.24. The number of anilines is 1. The molecule has 0 aliphatic heterocycles. The minimum atomic E-state index is -0.357. The number of amides is 1. The van der Waals surface area contributed by atoms with Crippen LogP contribution >= 0.6 is 0 Å². The van der Waals surface area contributed by atoms with E-state index >= 15 is 0 Å². The molecule has 3 aromatic rings. The highest BCUT2D eigenvalue weighted by molar-refractivity contribution is 6.04. The number of methoxy groups -OCH3 is 2. The third-order valence-electron chi connectivity index (χ3n) is 6.33. The number of carbonyl (C=O) groups is 1. The molecular weight excluding hydrogens is 468 g/mol. The molecule has 0 bridgehead atoms. The molecule has 0 aliphatic carbocycles. The van der Waals surface area contributed by atoms with Crippen molar-refractivity contribution in [2.45, 2.75) is 78.7 Å². The van der Waals surface area contributed by atoms with Gasteiger partial charge in [-0.1, -0.05) is 58.7 Å². The molecule has 8 heteroatoms. The van der Waals surface area contributed by atoms with Gasteiger partial charge in [-0.05, 0) is 55.0 Å². The molecule has 1 amide bonds. The molecule has 1 heterocycles. The zero-order valence-corrected chi connectivity index (χ0v) is 23.3. The summed E-state index contributed by atoms with van der Waals surface area (Å²) in [6, 6.07) is 11.4. The van der Waals surface area contributed by atoms with Crippen molar-refractivity contribution >= 4 is 11.6 Å². The molecule has 0 saturated carbocycles. The summed E-state index contributed by atoms with van der Waals surface area (Å²) in [5.74, 6) is 1.54. The Bertz CT molecular complexity index is 1210. The lowest BCUT2D eigenvalue weighted by molar-refractivity contribution is 0.102. The predicted molar refractivity (Wildman–Crippen MR) is 147 cm³/mol. The van der Waals surface area contributed by atoms with E-state index in [1.165, 1.54) is 0 Å². The quantitative estimate of drug-likeness (QED) is 0.318. The van der Waals surface area contributed by atoms with Gasteiger partial charge in [0.1, 0.15) is 22.9 Å². The van der Waals surface area contributed by atoms with Crippen molar-refractivity contribution in [2.24, 2.45) is 0 Å². The van der Waals surface area contributed by atoms with Crippen LogP contribution in [-0.4, -0.2) is 41.2 Å². The highest BCUT2D eigenvalue weighted by Gasteiger charge is 2.23. The Kier molecular flexibility index (Phi) is 9.18. The van der Waals surface area contributed by atoms with Crippen LogP contribution in [0.3, 0.4) is 0 Å². The molecule has 0 fully saturated rings. The summed E-state index contributed by atoms with van der Waals surface area (Å²) in [5, 5.41) is 11.5. The van der Waals surface area contributed by atoms with Gasteiger partial charge in [-0.3, -0.25) is 4.79 Å². The van der Waals surface area contributed by atoms with Gasteiger partial charge in [0, 0.05) is 6.07 Å². The number of benzene rings is 2. The Morgan fingerprint density at radius 2 is 1.68 bits per heavy atom. The molecule has 0 aliphatic rings. The SMILES string of the molecule is CCCC(CCC)Oc1ccc(C(C)(C)C)cc1NC(=O)c1nnn(-c2cc(OC)ccc2OC)c1C. The number of hydrogen-bond acceptors (Lipinski definition) is 6. The van der Waals surface area contributed by atoms with Crippen LogP contribution in [0.4, 0.5) is 5.69 Å². The molecule has 2 aromatic carbocycles. The van der Waals surface area contributed by atoms with Gasteiger partial charge in [-0.15, -0.1) is 5.10 Å². The Hall–Kier alpha value is -3.55. The molecule has 0 spiro atoms. The van der Waals surface area contributed by atoms with Gasteiger partial charge in [0.05, 0.1) is 31.7 Å². The van der Waals surface area contributed by atoms with Crippen LogP contribution in [0.5, 0.6) is 17.2 Å². The number of rotatable bonds is 11. The summed E-state index contributed by atoms with van der Waals surface area (Å²) in [6.07, 6.45) is 4.07. The first-order valence-electron chi connectivity index (χ1n) is 12.9. The minimum absolute atomic E-state index is 0.0911. The van der Waals surface area contributed by atoms with E-state index in [0.717, 1.165) is 31.2 Å². The second-order valence-electron chi connectivity index (χ2n) is 10.2. The Morgan fingerprint density at radius 3 is 2.27 bits per heavy atom. The third-order valence-corrected chi connectivity index (χ3v) is 6.33. The van der Waals surface area contributed by atoms with Crippen molar-refractivity contribution in [1.82, 2.24) is 15.0 Å². The molecule has 0 radical (unpaired) electrons. The van der Waals surface area contributed by atoms with E-state index in [-0.39, 0.29) is 23.1 Å². The van der Waals surface area contributed by atoms with Crippen molar-refractivity contribution in [1.29, 1.82) is 0 Å². The number of aromatic nitrogens is 3. The number of nitrogens with zero attached hydrogens (tertiary/aromatic N) is 3. The van der Waals surface area contributed by atoms with Crippen molar-refractivity contribution in [2.75, 3.05) is 19.5 Å². The minimum Gasteiger partial charge on any atom is -0.497 e. The van der Waals surface area contributed by atoms with Gasteiger partial charge >= 0.3 is 0 Å². The molecule has 0 saturated heterocycles. The fraction of sp³-hybridized carbons (Fsp3) is 0.483. The zero-order valence-electron chi connectivity index (χ0n) is 23.3. The third kappa shape index (κ3) is 6.61. The van der Waals surface area contributed by atoms with E-state index in [9.17, 15) is 4.79 Å². The fourth-order valence-electron chi connectivity index (χ4n) is 4.19. The van der Waals surface area contributed by atoms with E-state index in [2.05, 4.69) is 56.3 Å². The molecule has 0 atom stereocenters. The maximum atomic E-state index is 13.5. The Morgan fingerprint density at radius 1 is 1.00 bits per heavy atom. The van der Waals surface area contributed by atoms with E-state index in [0.29, 0.717) is 34.3 Å². The van der Waals surface area contributed by atoms with Crippen molar-refractivity contribution < 1.29 is 19.0 Å². The van der Waals surface area contributed by atoms with Crippen molar-refractivity contribution in [3.8, 4) is 22.9 Å². The van der Waals surface area contributed by atoms with Crippen LogP contribution < -0.4 is 19.5 Å². The highest BCUT2D eigenvalue weighted by Crippen LogP contribution is 2.34. The molecule has 1 N–H and O–H groups in total. The monoisotopic (exact) mass is 508 g/mol. The first-order chi connectivity index (χ1) is 17.6. The summed E-state index contributed by atoms with van der Waals surface area (Å²) in [4.78, 5) is 13.5. The zero-order chi connectivity index (χ0) is 27.2. The summed E-state index contributed by atoms with van der Waals surface area (Å²) >= 11 is 0. The van der Waals surface area contributed by atoms with Gasteiger partial charge in [-0.2, -0.15) is 0 Å². The van der Waals surface area contributed by atoms with Crippen LogP contribution in [0.25, 0.3) is 5.69 Å². The van der Waals surface area contributed by atoms with Crippen LogP contribution in [0.2, 0.25) is 0 Å². The van der Waals surface area contributed by atoms with E-state index < -0.39 is 0 Å². The molecular formula is C29H40N4O4. The maximum absolute atomic E-state index is 13.5. The Balaban J connectivity index is 1.97. The summed E-state index contributed by atoms with van der Waals surface area (Å²) in [7, 11) is 3.18. The molecule has 8 nitrogen and oxygen atoms in total. The Labute approximate surface area is 220 Å². The van der Waals surface area contributed by atoms with Crippen molar-refractivity contribution in [3.63, 3.8) is 0 Å². The lowest BCUT2D eigenvalue weighted by Crippen LogP contribution is -2.20. The number of ether oxygens (including phenoxy) is 3. The van der Waals surface area contributed by atoms with Gasteiger partial charge < -0.3 is 19.5 Å². The first-order valence-corrected chi connectivity index (χ1v) is 12.9. The fourth-order valence-corrected chi connectivity index (χ4v) is 4.19. The smallest absolute Gasteiger partial charge is 0.278 e. The average Bonchev–Trinajstić information content (AvgIpc) is 3.25. The van der Waals surface area contributed by atoms with Gasteiger partial charge in [0.2, 0.25) is 0 Å². The van der Waals surface area contributed by atoms with E-state index in [1.807, 2.05) is 12.1 Å². The second kappa shape index (κ2) is 12.1. The maximum Gasteiger partial charge on any atom is 0.278 e. The molecule has 1 aromatic heterocycles. The molecule has 3 rings (SSSR count). The molecule has 0 unspecified atom stereocenters. The van der Waals surface area contributed by atoms with Crippen LogP contribution in [0.15, 0.2) is 36.4 Å². The number of hydrogen-bond donors (Lipinski definition) is 1. The molecule has 200 valence electrons. The lowest BCUT2D eigenvalue weighted by atomic mass is 9.86. The van der Waals surface area contributed by atoms with Gasteiger partial charge in [-0.25, -0.2) is 4.68 Å². The molecule has 37 heavy (non-hydrogen) atoms. The van der Waals surface area contributed by atoms with Gasteiger partial charge in [0.15, 0.2) is 5.69 Å². The number of carbonyl (C=O) groups excluding carboxylic acids is 1. The summed E-state index contributed by atoms with van der Waals surface area (Å²) in [6.45, 7) is 12.5. The van der Waals surface area contributed by atoms with Crippen molar-refractivity contribution in [3.05, 3.63) is 53.3 Å². The number of nitrogens with one attached hydrogen (secondary N) is 1. The summed E-state index contributed by atoms with van der Waals surface area (Å²) in [5.41, 5.74) is 3.06. The van der Waals surface area contributed by atoms with Crippen LogP contribution in [-0.2, 0) is 5.41 Å². The average molecular weight is 509 g/mol.